The lowest BCUT2D eigenvalue weighted by Crippen LogP contribution is -2.11. The Balaban J connectivity index is 2.94. The van der Waals surface area contributed by atoms with Gasteiger partial charge in [0, 0.05) is 0 Å². The molecular formula is C5H2BrNO3S. The van der Waals surface area contributed by atoms with Crippen LogP contribution in [0.15, 0.2) is 9.98 Å². The van der Waals surface area contributed by atoms with E-state index in [0.717, 1.165) is 11.3 Å². The molecule has 4 nitrogen and oxygen atoms in total. The van der Waals surface area contributed by atoms with E-state index in [0.29, 0.717) is 3.79 Å². The Morgan fingerprint density at radius 3 is 2.64 bits per heavy atom. The minimum atomic E-state index is -1.48. The molecule has 0 amide bonds. The molecule has 6 heteroatoms. The van der Waals surface area contributed by atoms with Crippen LogP contribution in [0.25, 0.3) is 0 Å². The maximum atomic E-state index is 10.7. The van der Waals surface area contributed by atoms with E-state index in [9.17, 15) is 9.59 Å². The van der Waals surface area contributed by atoms with Crippen molar-refractivity contribution >= 4 is 39.0 Å². The summed E-state index contributed by atoms with van der Waals surface area (Å²) in [6, 6.07) is 0. The van der Waals surface area contributed by atoms with Crippen molar-refractivity contribution in [2.24, 2.45) is 0 Å². The summed E-state index contributed by atoms with van der Waals surface area (Å²) in [5, 5.41) is 8.24. The fourth-order valence-corrected chi connectivity index (χ4v) is 1.59. The number of halogens is 1. The number of carboxylic acids is 1. The summed E-state index contributed by atoms with van der Waals surface area (Å²) in [6.07, 6.45) is 1.39. The smallest absolute Gasteiger partial charge is 0.379 e. The van der Waals surface area contributed by atoms with Gasteiger partial charge in [0.1, 0.15) is 0 Å². The number of aromatic nitrogens is 1. The van der Waals surface area contributed by atoms with Gasteiger partial charge in [-0.25, -0.2) is 9.78 Å². The van der Waals surface area contributed by atoms with Crippen LogP contribution in [0.3, 0.4) is 0 Å². The zero-order valence-corrected chi connectivity index (χ0v) is 7.48. The van der Waals surface area contributed by atoms with Gasteiger partial charge in [-0.2, -0.15) is 0 Å². The second kappa shape index (κ2) is 3.10. The monoisotopic (exact) mass is 235 g/mol. The number of hydrogen-bond donors (Lipinski definition) is 1. The van der Waals surface area contributed by atoms with Gasteiger partial charge in [-0.1, -0.05) is 0 Å². The van der Waals surface area contributed by atoms with E-state index >= 15 is 0 Å². The Labute approximate surface area is 74.0 Å². The van der Waals surface area contributed by atoms with Gasteiger partial charge in [-0.05, 0) is 15.9 Å². The minimum Gasteiger partial charge on any atom is -0.475 e. The molecule has 0 aliphatic rings. The molecule has 0 atom stereocenters. The molecule has 1 aromatic rings. The second-order valence-electron chi connectivity index (χ2n) is 1.60. The summed E-state index contributed by atoms with van der Waals surface area (Å²) in [7, 11) is 0. The van der Waals surface area contributed by atoms with Crippen molar-refractivity contribution in [1.82, 2.24) is 4.98 Å². The highest BCUT2D eigenvalue weighted by molar-refractivity contribution is 9.11. The molecule has 0 radical (unpaired) electrons. The van der Waals surface area contributed by atoms with Crippen LogP contribution in [-0.4, -0.2) is 21.8 Å². The van der Waals surface area contributed by atoms with E-state index in [1.807, 2.05) is 0 Å². The predicted molar refractivity (Wildman–Crippen MR) is 41.8 cm³/mol. The van der Waals surface area contributed by atoms with Crippen LogP contribution in [0.4, 0.5) is 0 Å². The number of carboxylic acid groups (broad SMARTS) is 1. The first-order valence-corrected chi connectivity index (χ1v) is 4.11. The molecule has 1 heterocycles. The molecule has 11 heavy (non-hydrogen) atoms. The molecule has 1 N–H and O–H groups in total. The summed E-state index contributed by atoms with van der Waals surface area (Å²) in [4.78, 5) is 24.4. The first kappa shape index (κ1) is 8.35. The van der Waals surface area contributed by atoms with E-state index in [1.54, 1.807) is 0 Å². The molecule has 0 bridgehead atoms. The topological polar surface area (TPSA) is 67.3 Å². The van der Waals surface area contributed by atoms with Gasteiger partial charge < -0.3 is 5.11 Å². The first-order valence-electron chi connectivity index (χ1n) is 2.50. The molecule has 58 valence electrons. The maximum absolute atomic E-state index is 10.7. The Kier molecular flexibility index (Phi) is 2.35. The number of Topliss-reactive ketones (excluding diaryl/α,β-unsaturated/α-hetero) is 1. The van der Waals surface area contributed by atoms with Crippen molar-refractivity contribution in [3.05, 3.63) is 15.0 Å². The Morgan fingerprint density at radius 2 is 2.27 bits per heavy atom. The average Bonchev–Trinajstić information content (AvgIpc) is 2.34. The quantitative estimate of drug-likeness (QED) is 0.618. The van der Waals surface area contributed by atoms with Crippen LogP contribution in [-0.2, 0) is 4.79 Å². The van der Waals surface area contributed by atoms with E-state index in [-0.39, 0.29) is 5.01 Å². The van der Waals surface area contributed by atoms with Gasteiger partial charge in [0.25, 0.3) is 5.78 Å². The van der Waals surface area contributed by atoms with Gasteiger partial charge in [0.05, 0.1) is 9.98 Å². The molecular weight excluding hydrogens is 234 g/mol. The number of carbonyl (C=O) groups is 2. The highest BCUT2D eigenvalue weighted by Crippen LogP contribution is 2.19. The third-order valence-corrected chi connectivity index (χ3v) is 2.34. The Morgan fingerprint density at radius 1 is 1.64 bits per heavy atom. The van der Waals surface area contributed by atoms with Crippen molar-refractivity contribution in [1.29, 1.82) is 0 Å². The number of carbonyl (C=O) groups excluding carboxylic acids is 1. The Bertz CT molecular complexity index is 308. The fourth-order valence-electron chi connectivity index (χ4n) is 0.451. The van der Waals surface area contributed by atoms with Crippen LogP contribution >= 0.6 is 27.3 Å². The van der Waals surface area contributed by atoms with Crippen LogP contribution in [0.2, 0.25) is 0 Å². The molecule has 0 unspecified atom stereocenters. The second-order valence-corrected chi connectivity index (χ2v) is 4.01. The molecule has 0 aliphatic carbocycles. The normalized spacial score (nSPS) is 9.55. The molecule has 0 spiro atoms. The Hall–Kier alpha value is -0.750. The van der Waals surface area contributed by atoms with Crippen molar-refractivity contribution in [3.8, 4) is 0 Å². The lowest BCUT2D eigenvalue weighted by atomic mass is 10.4. The van der Waals surface area contributed by atoms with E-state index in [1.165, 1.54) is 6.20 Å². The number of nitrogens with zero attached hydrogens (tertiary/aromatic N) is 1. The van der Waals surface area contributed by atoms with Gasteiger partial charge in [-0.15, -0.1) is 11.3 Å². The first-order chi connectivity index (χ1) is 5.11. The lowest BCUT2D eigenvalue weighted by molar-refractivity contribution is -0.131. The number of thiazole rings is 1. The molecule has 0 saturated carbocycles. The number of hydrogen-bond acceptors (Lipinski definition) is 4. The zero-order valence-electron chi connectivity index (χ0n) is 5.07. The third kappa shape index (κ3) is 1.84. The molecule has 1 aromatic heterocycles. The van der Waals surface area contributed by atoms with Crippen molar-refractivity contribution < 1.29 is 14.7 Å². The SMILES string of the molecule is O=C(O)C(=O)c1ncc(Br)s1. The van der Waals surface area contributed by atoms with Gasteiger partial charge >= 0.3 is 5.97 Å². The highest BCUT2D eigenvalue weighted by atomic mass is 79.9. The van der Waals surface area contributed by atoms with Crippen LogP contribution in [0, 0.1) is 0 Å². The molecule has 0 saturated heterocycles. The molecule has 0 fully saturated rings. The van der Waals surface area contributed by atoms with Crippen LogP contribution < -0.4 is 0 Å². The van der Waals surface area contributed by atoms with E-state index in [4.69, 9.17) is 5.11 Å². The van der Waals surface area contributed by atoms with E-state index in [2.05, 4.69) is 20.9 Å². The fraction of sp³-hybridized carbons (Fsp3) is 0. The van der Waals surface area contributed by atoms with Crippen molar-refractivity contribution in [2.45, 2.75) is 0 Å². The van der Waals surface area contributed by atoms with E-state index < -0.39 is 11.8 Å². The highest BCUT2D eigenvalue weighted by Gasteiger charge is 2.17. The predicted octanol–water partition coefficient (Wildman–Crippen LogP) is 1.17. The standard InChI is InChI=1S/C5H2BrNO3S/c6-2-1-7-4(11-2)3(8)5(9)10/h1H,(H,9,10). The van der Waals surface area contributed by atoms with Gasteiger partial charge in [0.15, 0.2) is 5.01 Å². The van der Waals surface area contributed by atoms with Crippen LogP contribution in [0.5, 0.6) is 0 Å². The number of ketones is 1. The summed E-state index contributed by atoms with van der Waals surface area (Å²) < 4.78 is 0.641. The molecule has 0 aliphatic heterocycles. The number of rotatable bonds is 2. The molecule has 0 aromatic carbocycles. The minimum absolute atomic E-state index is 0.00984. The summed E-state index contributed by atoms with van der Waals surface area (Å²) >= 11 is 4.06. The zero-order chi connectivity index (χ0) is 8.43. The van der Waals surface area contributed by atoms with Gasteiger partial charge in [0.2, 0.25) is 0 Å². The van der Waals surface area contributed by atoms with Crippen molar-refractivity contribution in [3.63, 3.8) is 0 Å². The maximum Gasteiger partial charge on any atom is 0.379 e. The molecule has 1 rings (SSSR count). The largest absolute Gasteiger partial charge is 0.475 e. The summed E-state index contributed by atoms with van der Waals surface area (Å²) in [5.74, 6) is -2.45. The summed E-state index contributed by atoms with van der Waals surface area (Å²) in [5.41, 5.74) is 0. The lowest BCUT2D eigenvalue weighted by Gasteiger charge is -1.84. The van der Waals surface area contributed by atoms with Crippen LogP contribution in [0.1, 0.15) is 9.80 Å². The third-order valence-electron chi connectivity index (χ3n) is 0.866. The summed E-state index contributed by atoms with van der Waals surface area (Å²) in [6.45, 7) is 0. The number of aliphatic carboxylic acids is 1. The van der Waals surface area contributed by atoms with Gasteiger partial charge in [-0.3, -0.25) is 4.79 Å². The van der Waals surface area contributed by atoms with Crippen molar-refractivity contribution in [2.75, 3.05) is 0 Å². The average molecular weight is 236 g/mol.